The van der Waals surface area contributed by atoms with Crippen LogP contribution in [-0.2, 0) is 4.74 Å². The Morgan fingerprint density at radius 1 is 1.09 bits per heavy atom. The van der Waals surface area contributed by atoms with Gasteiger partial charge in [-0.2, -0.15) is 0 Å². The van der Waals surface area contributed by atoms with Crippen LogP contribution in [0.2, 0.25) is 4.34 Å². The standard InChI is InChI=1S/C15H13ClO5S/c1-19-10-4-3-5-11(20-2)14(10)15(18)21-8-9(17)12-6-7-13(16)22-12/h3-7H,8H2,1-2H3. The summed E-state index contributed by atoms with van der Waals surface area (Å²) in [5.41, 5.74) is 0.143. The fourth-order valence-electron chi connectivity index (χ4n) is 1.79. The summed E-state index contributed by atoms with van der Waals surface area (Å²) in [5, 5.41) is 0. The third kappa shape index (κ3) is 3.58. The minimum Gasteiger partial charge on any atom is -0.496 e. The number of carbonyl (C=O) groups excluding carboxylic acids is 2. The lowest BCUT2D eigenvalue weighted by Crippen LogP contribution is -2.15. The van der Waals surface area contributed by atoms with Gasteiger partial charge in [-0.25, -0.2) is 4.79 Å². The molecule has 0 unspecified atom stereocenters. The highest BCUT2D eigenvalue weighted by Gasteiger charge is 2.21. The number of ether oxygens (including phenoxy) is 3. The summed E-state index contributed by atoms with van der Waals surface area (Å²) in [6, 6.07) is 8.12. The van der Waals surface area contributed by atoms with Crippen molar-refractivity contribution in [2.24, 2.45) is 0 Å². The van der Waals surface area contributed by atoms with Crippen LogP contribution in [0.15, 0.2) is 30.3 Å². The summed E-state index contributed by atoms with van der Waals surface area (Å²) in [5.74, 6) is -0.378. The predicted molar refractivity (Wildman–Crippen MR) is 83.5 cm³/mol. The fraction of sp³-hybridized carbons (Fsp3) is 0.200. The number of halogens is 1. The van der Waals surface area contributed by atoms with Gasteiger partial charge in [0.15, 0.2) is 6.61 Å². The molecule has 2 rings (SSSR count). The summed E-state index contributed by atoms with van der Waals surface area (Å²) < 4.78 is 15.8. The van der Waals surface area contributed by atoms with E-state index in [1.807, 2.05) is 0 Å². The van der Waals surface area contributed by atoms with E-state index in [1.165, 1.54) is 14.2 Å². The van der Waals surface area contributed by atoms with Crippen molar-refractivity contribution in [2.75, 3.05) is 20.8 Å². The Balaban J connectivity index is 2.11. The summed E-state index contributed by atoms with van der Waals surface area (Å²) >= 11 is 6.90. The first-order chi connectivity index (χ1) is 10.6. The van der Waals surface area contributed by atoms with Crippen molar-refractivity contribution in [3.63, 3.8) is 0 Å². The van der Waals surface area contributed by atoms with Gasteiger partial charge in [0.2, 0.25) is 5.78 Å². The second-order valence-electron chi connectivity index (χ2n) is 4.14. The van der Waals surface area contributed by atoms with Gasteiger partial charge in [0.1, 0.15) is 17.1 Å². The molecule has 1 aromatic carbocycles. The highest BCUT2D eigenvalue weighted by molar-refractivity contribution is 7.18. The van der Waals surface area contributed by atoms with Crippen LogP contribution >= 0.6 is 22.9 Å². The number of methoxy groups -OCH3 is 2. The van der Waals surface area contributed by atoms with E-state index in [-0.39, 0.29) is 18.0 Å². The Morgan fingerprint density at radius 2 is 1.73 bits per heavy atom. The molecule has 0 atom stereocenters. The SMILES string of the molecule is COc1cccc(OC)c1C(=O)OCC(=O)c1ccc(Cl)s1. The van der Waals surface area contributed by atoms with Crippen LogP contribution in [-0.4, -0.2) is 32.6 Å². The second kappa shape index (κ2) is 7.29. The summed E-state index contributed by atoms with van der Waals surface area (Å²) in [6.07, 6.45) is 0. The van der Waals surface area contributed by atoms with Crippen LogP contribution in [0.3, 0.4) is 0 Å². The van der Waals surface area contributed by atoms with Gasteiger partial charge in [0, 0.05) is 0 Å². The lowest BCUT2D eigenvalue weighted by molar-refractivity contribution is 0.0469. The Bertz CT molecular complexity index is 673. The molecule has 1 aromatic heterocycles. The molecule has 0 aliphatic carbocycles. The van der Waals surface area contributed by atoms with Crippen molar-refractivity contribution >= 4 is 34.7 Å². The Hall–Kier alpha value is -2.05. The molecule has 2 aromatic rings. The first-order valence-corrected chi connectivity index (χ1v) is 7.43. The van der Waals surface area contributed by atoms with Crippen LogP contribution in [0.4, 0.5) is 0 Å². The molecule has 0 saturated heterocycles. The highest BCUT2D eigenvalue weighted by atomic mass is 35.5. The second-order valence-corrected chi connectivity index (χ2v) is 5.86. The quantitative estimate of drug-likeness (QED) is 0.595. The van der Waals surface area contributed by atoms with E-state index in [9.17, 15) is 9.59 Å². The minimum absolute atomic E-state index is 0.143. The van der Waals surface area contributed by atoms with Crippen LogP contribution in [0.25, 0.3) is 0 Å². The van der Waals surface area contributed by atoms with Gasteiger partial charge >= 0.3 is 5.97 Å². The van der Waals surface area contributed by atoms with Crippen LogP contribution < -0.4 is 9.47 Å². The number of thiophene rings is 1. The topological polar surface area (TPSA) is 61.8 Å². The molecule has 0 spiro atoms. The number of Topliss-reactive ketones (excluding diaryl/α,β-unsaturated/α-hetero) is 1. The molecule has 7 heteroatoms. The monoisotopic (exact) mass is 340 g/mol. The Kier molecular flexibility index (Phi) is 5.41. The molecule has 0 fully saturated rings. The van der Waals surface area contributed by atoms with Crippen molar-refractivity contribution in [1.82, 2.24) is 0 Å². The average Bonchev–Trinajstić information content (AvgIpc) is 2.97. The number of esters is 1. The van der Waals surface area contributed by atoms with Crippen molar-refractivity contribution in [3.8, 4) is 11.5 Å². The van der Waals surface area contributed by atoms with Crippen LogP contribution in [0, 0.1) is 0 Å². The zero-order valence-corrected chi connectivity index (χ0v) is 13.5. The third-order valence-corrected chi connectivity index (χ3v) is 4.09. The van der Waals surface area contributed by atoms with E-state index in [2.05, 4.69) is 0 Å². The maximum atomic E-state index is 12.2. The summed E-state index contributed by atoms with van der Waals surface area (Å²) in [4.78, 5) is 24.5. The molecular weight excluding hydrogens is 328 g/mol. The maximum absolute atomic E-state index is 12.2. The van der Waals surface area contributed by atoms with E-state index in [1.54, 1.807) is 30.3 Å². The predicted octanol–water partition coefficient (Wildman–Crippen LogP) is 3.46. The normalized spacial score (nSPS) is 10.1. The molecule has 0 radical (unpaired) electrons. The highest BCUT2D eigenvalue weighted by Crippen LogP contribution is 2.29. The van der Waals surface area contributed by atoms with Crippen molar-refractivity contribution in [2.45, 2.75) is 0 Å². The average molecular weight is 341 g/mol. The lowest BCUT2D eigenvalue weighted by Gasteiger charge is -2.11. The fourth-order valence-corrected chi connectivity index (χ4v) is 2.76. The largest absolute Gasteiger partial charge is 0.496 e. The van der Waals surface area contributed by atoms with Gasteiger partial charge < -0.3 is 14.2 Å². The zero-order chi connectivity index (χ0) is 16.1. The van der Waals surface area contributed by atoms with Crippen LogP contribution in [0.5, 0.6) is 11.5 Å². The number of rotatable bonds is 6. The van der Waals surface area contributed by atoms with Gasteiger partial charge in [-0.3, -0.25) is 4.79 Å². The number of carbonyl (C=O) groups is 2. The maximum Gasteiger partial charge on any atom is 0.346 e. The molecule has 0 amide bonds. The Labute approximate surface area is 136 Å². The van der Waals surface area contributed by atoms with Gasteiger partial charge in [-0.1, -0.05) is 17.7 Å². The van der Waals surface area contributed by atoms with Crippen molar-refractivity contribution in [1.29, 1.82) is 0 Å². The Morgan fingerprint density at radius 3 is 2.23 bits per heavy atom. The molecule has 5 nitrogen and oxygen atoms in total. The van der Waals surface area contributed by atoms with E-state index in [0.717, 1.165) is 11.3 Å². The van der Waals surface area contributed by atoms with E-state index in [4.69, 9.17) is 25.8 Å². The number of hydrogen-bond donors (Lipinski definition) is 0. The molecule has 0 bridgehead atoms. The summed E-state index contributed by atoms with van der Waals surface area (Å²) in [7, 11) is 2.87. The molecule has 0 N–H and O–H groups in total. The molecule has 22 heavy (non-hydrogen) atoms. The van der Waals surface area contributed by atoms with Gasteiger partial charge in [-0.15, -0.1) is 11.3 Å². The van der Waals surface area contributed by atoms with Gasteiger partial charge in [-0.05, 0) is 24.3 Å². The molecule has 116 valence electrons. The molecule has 1 heterocycles. The molecule has 0 aliphatic rings. The van der Waals surface area contributed by atoms with Gasteiger partial charge in [0.05, 0.1) is 23.4 Å². The summed E-state index contributed by atoms with van der Waals surface area (Å²) in [6.45, 7) is -0.378. The molecule has 0 saturated carbocycles. The molecule has 0 aliphatic heterocycles. The minimum atomic E-state index is -0.690. The lowest BCUT2D eigenvalue weighted by atomic mass is 10.2. The van der Waals surface area contributed by atoms with E-state index >= 15 is 0 Å². The smallest absolute Gasteiger partial charge is 0.346 e. The van der Waals surface area contributed by atoms with E-state index < -0.39 is 5.97 Å². The molecular formula is C15H13ClO5S. The first kappa shape index (κ1) is 16.3. The van der Waals surface area contributed by atoms with Gasteiger partial charge in [0.25, 0.3) is 0 Å². The zero-order valence-electron chi connectivity index (χ0n) is 11.9. The first-order valence-electron chi connectivity index (χ1n) is 6.23. The van der Waals surface area contributed by atoms with Crippen molar-refractivity contribution < 1.29 is 23.8 Å². The van der Waals surface area contributed by atoms with Crippen molar-refractivity contribution in [3.05, 3.63) is 45.1 Å². The number of ketones is 1. The number of benzene rings is 1. The number of hydrogen-bond acceptors (Lipinski definition) is 6. The van der Waals surface area contributed by atoms with Crippen LogP contribution in [0.1, 0.15) is 20.0 Å². The third-order valence-electron chi connectivity index (χ3n) is 2.81. The van der Waals surface area contributed by atoms with E-state index in [0.29, 0.717) is 20.7 Å².